The normalized spacial score (nSPS) is 15.4. The molecule has 1 aliphatic rings. The number of rotatable bonds is 3. The number of likely N-dealkylation sites (tertiary alicyclic amines) is 1. The molecule has 7 heteroatoms. The lowest BCUT2D eigenvalue weighted by molar-refractivity contribution is -0.149. The zero-order valence-corrected chi connectivity index (χ0v) is 14.4. The van der Waals surface area contributed by atoms with Crippen molar-refractivity contribution < 1.29 is 14.3 Å². The van der Waals surface area contributed by atoms with Crippen LogP contribution in [0.4, 0.5) is 0 Å². The quantitative estimate of drug-likeness (QED) is 0.780. The van der Waals surface area contributed by atoms with Gasteiger partial charge in [-0.25, -0.2) is 4.98 Å². The Bertz CT molecular complexity index is 866. The van der Waals surface area contributed by atoms with Crippen LogP contribution in [0.5, 0.6) is 0 Å². The minimum Gasteiger partial charge on any atom is -0.469 e. The monoisotopic (exact) mass is 343 g/mol. The first-order valence-electron chi connectivity index (χ1n) is 8.31. The maximum Gasteiger partial charge on any atom is 0.308 e. The summed E-state index contributed by atoms with van der Waals surface area (Å²) in [6.45, 7) is 2.84. The van der Waals surface area contributed by atoms with Crippen LogP contribution in [0.2, 0.25) is 0 Å². The Kier molecular flexibility index (Phi) is 4.83. The number of benzene rings is 1. The van der Waals surface area contributed by atoms with Crippen molar-refractivity contribution in [3.05, 3.63) is 40.4 Å². The summed E-state index contributed by atoms with van der Waals surface area (Å²) in [4.78, 5) is 42.6. The number of ether oxygens (including phenoxy) is 1. The number of aromatic nitrogens is 2. The van der Waals surface area contributed by atoms with Crippen molar-refractivity contribution in [2.75, 3.05) is 20.2 Å². The lowest BCUT2D eigenvalue weighted by Gasteiger charge is -2.30. The van der Waals surface area contributed by atoms with Gasteiger partial charge in [0.2, 0.25) is 5.91 Å². The fourth-order valence-electron chi connectivity index (χ4n) is 3.23. The molecule has 132 valence electrons. The average molecular weight is 343 g/mol. The minimum absolute atomic E-state index is 0.0430. The van der Waals surface area contributed by atoms with Crippen LogP contribution < -0.4 is 5.56 Å². The third-order valence-electron chi connectivity index (χ3n) is 4.74. The van der Waals surface area contributed by atoms with Crippen molar-refractivity contribution in [3.63, 3.8) is 0 Å². The van der Waals surface area contributed by atoms with Gasteiger partial charge in [-0.1, -0.05) is 12.1 Å². The summed E-state index contributed by atoms with van der Waals surface area (Å²) in [7, 11) is 1.38. The number of esters is 1. The molecule has 0 spiro atoms. The highest BCUT2D eigenvalue weighted by Crippen LogP contribution is 2.18. The Morgan fingerprint density at radius 3 is 2.68 bits per heavy atom. The summed E-state index contributed by atoms with van der Waals surface area (Å²) < 4.78 is 6.09. The third kappa shape index (κ3) is 3.40. The predicted molar refractivity (Wildman–Crippen MR) is 92.1 cm³/mol. The summed E-state index contributed by atoms with van der Waals surface area (Å²) in [6.07, 6.45) is 2.60. The number of hydrogen-bond donors (Lipinski definition) is 0. The van der Waals surface area contributed by atoms with Crippen molar-refractivity contribution in [1.82, 2.24) is 14.5 Å². The Hall–Kier alpha value is -2.70. The molecule has 1 aliphatic heterocycles. The van der Waals surface area contributed by atoms with Crippen molar-refractivity contribution in [3.8, 4) is 0 Å². The largest absolute Gasteiger partial charge is 0.469 e. The van der Waals surface area contributed by atoms with Crippen LogP contribution >= 0.6 is 0 Å². The summed E-state index contributed by atoms with van der Waals surface area (Å²) in [6, 6.07) is 5.43. The second-order valence-corrected chi connectivity index (χ2v) is 6.33. The number of methoxy groups -OCH3 is 1. The molecule has 1 aromatic carbocycles. The molecule has 0 radical (unpaired) electrons. The first-order chi connectivity index (χ1) is 12.0. The van der Waals surface area contributed by atoms with Gasteiger partial charge >= 0.3 is 5.97 Å². The number of carbonyl (C=O) groups excluding carboxylic acids is 2. The molecular formula is C18H21N3O4. The smallest absolute Gasteiger partial charge is 0.308 e. The summed E-state index contributed by atoms with van der Waals surface area (Å²) in [5, 5.41) is 0.514. The molecule has 7 nitrogen and oxygen atoms in total. The van der Waals surface area contributed by atoms with Crippen molar-refractivity contribution in [2.24, 2.45) is 5.92 Å². The number of nitrogens with zero attached hydrogens (tertiary/aromatic N) is 3. The molecule has 0 unspecified atom stereocenters. The number of fused-ring (bicyclic) bond motifs is 1. The number of piperidine rings is 1. The van der Waals surface area contributed by atoms with Crippen LogP contribution in [0, 0.1) is 12.8 Å². The van der Waals surface area contributed by atoms with E-state index in [9.17, 15) is 14.4 Å². The summed E-state index contributed by atoms with van der Waals surface area (Å²) >= 11 is 0. The predicted octanol–water partition coefficient (Wildman–Crippen LogP) is 1.12. The van der Waals surface area contributed by atoms with E-state index in [1.54, 1.807) is 11.0 Å². The van der Waals surface area contributed by atoms with Gasteiger partial charge in [-0.05, 0) is 31.4 Å². The molecule has 0 atom stereocenters. The van der Waals surface area contributed by atoms with Crippen LogP contribution in [-0.4, -0.2) is 46.5 Å². The minimum atomic E-state index is -0.225. The fraction of sp³-hybridized carbons (Fsp3) is 0.444. The average Bonchev–Trinajstić information content (AvgIpc) is 2.64. The maximum absolute atomic E-state index is 12.6. The molecule has 0 N–H and O–H groups in total. The van der Waals surface area contributed by atoms with Gasteiger partial charge in [-0.15, -0.1) is 0 Å². The van der Waals surface area contributed by atoms with Gasteiger partial charge in [0, 0.05) is 13.1 Å². The van der Waals surface area contributed by atoms with Crippen LogP contribution in [-0.2, 0) is 20.9 Å². The summed E-state index contributed by atoms with van der Waals surface area (Å²) in [5.41, 5.74) is 1.37. The van der Waals surface area contributed by atoms with Gasteiger partial charge in [0.05, 0.1) is 30.3 Å². The van der Waals surface area contributed by atoms with Crippen molar-refractivity contribution >= 4 is 22.8 Å². The molecule has 0 bridgehead atoms. The molecule has 25 heavy (non-hydrogen) atoms. The number of carbonyl (C=O) groups is 2. The van der Waals surface area contributed by atoms with E-state index in [0.29, 0.717) is 36.8 Å². The van der Waals surface area contributed by atoms with Gasteiger partial charge in [0.15, 0.2) is 0 Å². The molecule has 1 amide bonds. The van der Waals surface area contributed by atoms with E-state index >= 15 is 0 Å². The van der Waals surface area contributed by atoms with E-state index in [4.69, 9.17) is 4.74 Å². The van der Waals surface area contributed by atoms with E-state index in [2.05, 4.69) is 4.98 Å². The van der Waals surface area contributed by atoms with Crippen LogP contribution in [0.1, 0.15) is 18.4 Å². The zero-order chi connectivity index (χ0) is 18.0. The molecular weight excluding hydrogens is 322 g/mol. The van der Waals surface area contributed by atoms with E-state index in [1.165, 1.54) is 18.0 Å². The molecule has 2 heterocycles. The van der Waals surface area contributed by atoms with E-state index < -0.39 is 0 Å². The Labute approximate surface area is 145 Å². The highest BCUT2D eigenvalue weighted by molar-refractivity contribution is 5.81. The molecule has 0 aliphatic carbocycles. The molecule has 1 saturated heterocycles. The van der Waals surface area contributed by atoms with Gasteiger partial charge in [-0.3, -0.25) is 19.0 Å². The van der Waals surface area contributed by atoms with E-state index in [0.717, 1.165) is 5.56 Å². The van der Waals surface area contributed by atoms with Gasteiger partial charge in [0.1, 0.15) is 6.54 Å². The van der Waals surface area contributed by atoms with Crippen LogP contribution in [0.25, 0.3) is 10.9 Å². The third-order valence-corrected chi connectivity index (χ3v) is 4.74. The van der Waals surface area contributed by atoms with Crippen LogP contribution in [0.15, 0.2) is 29.3 Å². The zero-order valence-electron chi connectivity index (χ0n) is 14.4. The summed E-state index contributed by atoms with van der Waals surface area (Å²) in [5.74, 6) is -0.515. The lowest BCUT2D eigenvalue weighted by Crippen LogP contribution is -2.43. The van der Waals surface area contributed by atoms with Crippen molar-refractivity contribution in [2.45, 2.75) is 26.3 Å². The first-order valence-corrected chi connectivity index (χ1v) is 8.31. The van der Waals surface area contributed by atoms with Crippen LogP contribution in [0.3, 0.4) is 0 Å². The van der Waals surface area contributed by atoms with Crippen molar-refractivity contribution in [1.29, 1.82) is 0 Å². The van der Waals surface area contributed by atoms with E-state index in [-0.39, 0.29) is 29.9 Å². The second kappa shape index (κ2) is 7.04. The Morgan fingerprint density at radius 2 is 2.00 bits per heavy atom. The Balaban J connectivity index is 1.72. The topological polar surface area (TPSA) is 81.5 Å². The second-order valence-electron chi connectivity index (χ2n) is 6.33. The van der Waals surface area contributed by atoms with E-state index in [1.807, 2.05) is 19.1 Å². The maximum atomic E-state index is 12.6. The molecule has 1 aromatic heterocycles. The number of aryl methyl sites for hydroxylation is 1. The number of amides is 1. The highest BCUT2D eigenvalue weighted by atomic mass is 16.5. The number of para-hydroxylation sites is 1. The molecule has 3 rings (SSSR count). The standard InChI is InChI=1S/C18H21N3O4/c1-12-4-3-5-14-16(12)19-11-21(17(14)23)10-15(22)20-8-6-13(7-9-20)18(24)25-2/h3-5,11,13H,6-10H2,1-2H3. The fourth-order valence-corrected chi connectivity index (χ4v) is 3.23. The highest BCUT2D eigenvalue weighted by Gasteiger charge is 2.28. The number of hydrogen-bond acceptors (Lipinski definition) is 5. The van der Waals surface area contributed by atoms with Gasteiger partial charge in [0.25, 0.3) is 5.56 Å². The van der Waals surface area contributed by atoms with Gasteiger partial charge < -0.3 is 9.64 Å². The first kappa shape index (κ1) is 17.1. The van der Waals surface area contributed by atoms with Gasteiger partial charge in [-0.2, -0.15) is 0 Å². The molecule has 2 aromatic rings. The molecule has 0 saturated carbocycles. The SMILES string of the molecule is COC(=O)C1CCN(C(=O)Cn2cnc3c(C)cccc3c2=O)CC1. The lowest BCUT2D eigenvalue weighted by atomic mass is 9.97. The Morgan fingerprint density at radius 1 is 1.28 bits per heavy atom. The molecule has 1 fully saturated rings.